The zero-order chi connectivity index (χ0) is 13.7. The van der Waals surface area contributed by atoms with Crippen molar-refractivity contribution in [3.05, 3.63) is 41.4 Å². The van der Waals surface area contributed by atoms with Gasteiger partial charge in [-0.15, -0.1) is 22.8 Å². The van der Waals surface area contributed by atoms with Gasteiger partial charge in [0.05, 0.1) is 5.69 Å². The summed E-state index contributed by atoms with van der Waals surface area (Å²) >= 11 is 1.72. The highest BCUT2D eigenvalue weighted by Gasteiger charge is 2.07. The molecule has 0 unspecified atom stereocenters. The van der Waals surface area contributed by atoms with Crippen molar-refractivity contribution in [2.45, 2.75) is 32.5 Å². The molecule has 0 saturated carbocycles. The van der Waals surface area contributed by atoms with E-state index in [0.29, 0.717) is 0 Å². The number of aromatic nitrogens is 1. The van der Waals surface area contributed by atoms with Crippen LogP contribution in [-0.4, -0.2) is 13.1 Å². The summed E-state index contributed by atoms with van der Waals surface area (Å²) in [6, 6.07) is 10.3. The summed E-state index contributed by atoms with van der Waals surface area (Å²) in [4.78, 5) is 4.68. The van der Waals surface area contributed by atoms with Gasteiger partial charge in [0, 0.05) is 23.8 Å². The molecule has 0 radical (unpaired) electrons. The van der Waals surface area contributed by atoms with Gasteiger partial charge in [-0.1, -0.05) is 50.0 Å². The van der Waals surface area contributed by atoms with Crippen LogP contribution in [0.15, 0.2) is 35.7 Å². The van der Waals surface area contributed by atoms with E-state index in [1.54, 1.807) is 11.3 Å². The van der Waals surface area contributed by atoms with Crippen molar-refractivity contribution in [2.24, 2.45) is 0 Å². The minimum absolute atomic E-state index is 0.919. The summed E-state index contributed by atoms with van der Waals surface area (Å²) < 4.78 is 0. The molecule has 1 nitrogen and oxygen atoms in total. The van der Waals surface area contributed by atoms with Crippen LogP contribution >= 0.6 is 11.3 Å². The largest absolute Gasteiger partial charge is 0.241 e. The third-order valence-corrected chi connectivity index (χ3v) is 4.41. The van der Waals surface area contributed by atoms with Gasteiger partial charge >= 0.3 is 0 Å². The minimum atomic E-state index is -1.22. The Morgan fingerprint density at radius 3 is 2.58 bits per heavy atom. The van der Waals surface area contributed by atoms with Crippen molar-refractivity contribution in [2.75, 3.05) is 0 Å². The third-order valence-electron chi connectivity index (χ3n) is 2.54. The smallest absolute Gasteiger partial charge is 0.129 e. The molecule has 0 N–H and O–H groups in total. The first-order chi connectivity index (χ1) is 9.04. The minimum Gasteiger partial charge on any atom is -0.241 e. The van der Waals surface area contributed by atoms with E-state index in [1.165, 1.54) is 5.56 Å². The average molecular weight is 285 g/mol. The second-order valence-electron chi connectivity index (χ2n) is 5.56. The van der Waals surface area contributed by atoms with E-state index in [2.05, 4.69) is 65.7 Å². The molecular formula is C16H19NSSi. The Morgan fingerprint density at radius 2 is 1.89 bits per heavy atom. The van der Waals surface area contributed by atoms with E-state index in [1.807, 2.05) is 6.07 Å². The molecule has 0 aliphatic carbocycles. The normalized spacial score (nSPS) is 10.9. The van der Waals surface area contributed by atoms with Crippen LogP contribution in [0, 0.1) is 11.5 Å². The number of thiazole rings is 1. The van der Waals surface area contributed by atoms with Gasteiger partial charge in [-0.3, -0.25) is 0 Å². The summed E-state index contributed by atoms with van der Waals surface area (Å²) in [6.45, 7) is 6.82. The van der Waals surface area contributed by atoms with Gasteiger partial charge in [0.15, 0.2) is 0 Å². The van der Waals surface area contributed by atoms with Crippen molar-refractivity contribution in [3.8, 4) is 22.0 Å². The molecule has 1 aromatic carbocycles. The lowest BCUT2D eigenvalue weighted by atomic mass is 10.2. The molecule has 0 saturated heterocycles. The quantitative estimate of drug-likeness (QED) is 0.592. The Bertz CT molecular complexity index is 584. The van der Waals surface area contributed by atoms with Gasteiger partial charge in [0.25, 0.3) is 0 Å². The lowest BCUT2D eigenvalue weighted by Crippen LogP contribution is -2.16. The van der Waals surface area contributed by atoms with Gasteiger partial charge < -0.3 is 0 Å². The molecule has 19 heavy (non-hydrogen) atoms. The van der Waals surface area contributed by atoms with Crippen LogP contribution in [0.4, 0.5) is 0 Å². The zero-order valence-electron chi connectivity index (χ0n) is 11.7. The van der Waals surface area contributed by atoms with Crippen molar-refractivity contribution < 1.29 is 0 Å². The number of aryl methyl sites for hydroxylation is 1. The van der Waals surface area contributed by atoms with Crippen molar-refractivity contribution >= 4 is 19.4 Å². The average Bonchev–Trinajstić information content (AvgIpc) is 2.83. The number of hydrogen-bond acceptors (Lipinski definition) is 2. The Kier molecular flexibility index (Phi) is 4.57. The first-order valence-electron chi connectivity index (χ1n) is 6.54. The first-order valence-corrected chi connectivity index (χ1v) is 10.9. The molecular weight excluding hydrogens is 266 g/mol. The second-order valence-corrected chi connectivity index (χ2v) is 11.2. The predicted octanol–water partition coefficient (Wildman–Crippen LogP) is 4.62. The van der Waals surface area contributed by atoms with Crippen molar-refractivity contribution in [3.63, 3.8) is 0 Å². The maximum atomic E-state index is 4.68. The number of benzene rings is 1. The van der Waals surface area contributed by atoms with Crippen LogP contribution in [0.5, 0.6) is 0 Å². The van der Waals surface area contributed by atoms with Gasteiger partial charge in [0.1, 0.15) is 13.1 Å². The molecule has 1 heterocycles. The lowest BCUT2D eigenvalue weighted by Gasteiger charge is -2.02. The molecule has 0 amide bonds. The third kappa shape index (κ3) is 4.66. The highest BCUT2D eigenvalue weighted by Crippen LogP contribution is 2.23. The molecule has 0 aliphatic heterocycles. The van der Waals surface area contributed by atoms with Gasteiger partial charge in [-0.25, -0.2) is 4.98 Å². The van der Waals surface area contributed by atoms with E-state index in [4.69, 9.17) is 0 Å². The molecule has 0 spiro atoms. The topological polar surface area (TPSA) is 12.9 Å². The lowest BCUT2D eigenvalue weighted by molar-refractivity contribution is 0.982. The van der Waals surface area contributed by atoms with Gasteiger partial charge in [-0.05, 0) is 0 Å². The zero-order valence-corrected chi connectivity index (χ0v) is 13.6. The molecule has 0 bridgehead atoms. The van der Waals surface area contributed by atoms with Gasteiger partial charge in [0.2, 0.25) is 0 Å². The molecule has 3 heteroatoms. The van der Waals surface area contributed by atoms with Crippen LogP contribution in [0.3, 0.4) is 0 Å². The maximum Gasteiger partial charge on any atom is 0.129 e. The molecule has 1 aromatic heterocycles. The first kappa shape index (κ1) is 14.0. The molecule has 2 rings (SSSR count). The molecule has 2 aromatic rings. The number of hydrogen-bond donors (Lipinski definition) is 0. The molecule has 98 valence electrons. The Balaban J connectivity index is 1.97. The fraction of sp³-hybridized carbons (Fsp3) is 0.312. The molecule has 0 aliphatic rings. The van der Waals surface area contributed by atoms with Crippen molar-refractivity contribution in [1.82, 2.24) is 4.98 Å². The number of nitrogens with zero attached hydrogens (tertiary/aromatic N) is 1. The molecule has 0 fully saturated rings. The Labute approximate surface area is 120 Å². The van der Waals surface area contributed by atoms with E-state index in [9.17, 15) is 0 Å². The van der Waals surface area contributed by atoms with Crippen LogP contribution in [0.2, 0.25) is 19.6 Å². The van der Waals surface area contributed by atoms with Crippen LogP contribution in [0.25, 0.3) is 10.6 Å². The van der Waals surface area contributed by atoms with Gasteiger partial charge in [-0.2, -0.15) is 0 Å². The monoisotopic (exact) mass is 285 g/mol. The second kappa shape index (κ2) is 6.18. The molecule has 0 atom stereocenters. The fourth-order valence-corrected chi connectivity index (χ4v) is 3.17. The predicted molar refractivity (Wildman–Crippen MR) is 87.0 cm³/mol. The maximum absolute atomic E-state index is 4.68. The summed E-state index contributed by atoms with van der Waals surface area (Å²) in [7, 11) is -1.22. The highest BCUT2D eigenvalue weighted by molar-refractivity contribution is 7.13. The highest BCUT2D eigenvalue weighted by atomic mass is 32.1. The van der Waals surface area contributed by atoms with E-state index < -0.39 is 8.07 Å². The summed E-state index contributed by atoms with van der Waals surface area (Å²) in [5, 5.41) is 3.26. The van der Waals surface area contributed by atoms with Crippen LogP contribution in [0.1, 0.15) is 12.1 Å². The van der Waals surface area contributed by atoms with Crippen LogP contribution in [-0.2, 0) is 6.42 Å². The fourth-order valence-electron chi connectivity index (χ4n) is 1.65. The summed E-state index contributed by atoms with van der Waals surface area (Å²) in [5.41, 5.74) is 5.76. The van der Waals surface area contributed by atoms with Crippen molar-refractivity contribution in [1.29, 1.82) is 0 Å². The van der Waals surface area contributed by atoms with E-state index in [0.717, 1.165) is 23.5 Å². The summed E-state index contributed by atoms with van der Waals surface area (Å²) in [6.07, 6.45) is 1.88. The number of rotatable bonds is 3. The van der Waals surface area contributed by atoms with Crippen LogP contribution < -0.4 is 0 Å². The summed E-state index contributed by atoms with van der Waals surface area (Å²) in [5.74, 6) is 3.30. The SMILES string of the molecule is C[Si](C)(C)C#CCCc1csc(-c2ccccc2)n1. The standard InChI is InChI=1S/C16H19NSSi/c1-19(2,3)12-8-7-11-15-13-18-16(17-15)14-9-5-4-6-10-14/h4-6,9-10,13H,7,11H2,1-3H3. The van der Waals surface area contributed by atoms with E-state index >= 15 is 0 Å². The van der Waals surface area contributed by atoms with E-state index in [-0.39, 0.29) is 0 Å². The Hall–Kier alpha value is -1.37. The Morgan fingerprint density at radius 1 is 1.16 bits per heavy atom.